The topological polar surface area (TPSA) is 57.4 Å². The van der Waals surface area contributed by atoms with E-state index in [4.69, 9.17) is 15.2 Å². The molecule has 0 fully saturated rings. The molecule has 1 aromatic rings. The van der Waals surface area contributed by atoms with E-state index in [1.54, 1.807) is 18.4 Å². The molecule has 0 aliphatic carbocycles. The van der Waals surface area contributed by atoms with Crippen LogP contribution in [0.1, 0.15) is 42.9 Å². The second kappa shape index (κ2) is 9.44. The van der Waals surface area contributed by atoms with Gasteiger partial charge >= 0.3 is 0 Å². The summed E-state index contributed by atoms with van der Waals surface area (Å²) in [6.07, 6.45) is 4.21. The van der Waals surface area contributed by atoms with Crippen molar-refractivity contribution in [3.63, 3.8) is 0 Å². The summed E-state index contributed by atoms with van der Waals surface area (Å²) >= 11 is 1.67. The molecule has 4 nitrogen and oxygen atoms in total. The lowest BCUT2D eigenvalue weighted by atomic mass is 10.1. The minimum Gasteiger partial charge on any atom is -0.382 e. The molecule has 0 amide bonds. The molecule has 0 bridgehead atoms. The fourth-order valence-electron chi connectivity index (χ4n) is 1.59. The highest BCUT2D eigenvalue weighted by Crippen LogP contribution is 2.19. The first-order chi connectivity index (χ1) is 8.77. The fourth-order valence-corrected chi connectivity index (χ4v) is 2.43. The van der Waals surface area contributed by atoms with Crippen molar-refractivity contribution in [2.24, 2.45) is 5.73 Å². The Morgan fingerprint density at radius 3 is 2.94 bits per heavy atom. The zero-order valence-electron chi connectivity index (χ0n) is 11.4. The molecule has 0 spiro atoms. The fraction of sp³-hybridized carbons (Fsp3) is 0.769. The molecule has 1 rings (SSSR count). The second-order valence-corrected chi connectivity index (χ2v) is 5.21. The minimum atomic E-state index is 0.0874. The Morgan fingerprint density at radius 1 is 1.39 bits per heavy atom. The van der Waals surface area contributed by atoms with E-state index in [2.05, 4.69) is 17.3 Å². The maximum Gasteiger partial charge on any atom is 0.0951 e. The highest BCUT2D eigenvalue weighted by molar-refractivity contribution is 7.09. The number of hydrogen-bond donors (Lipinski definition) is 1. The zero-order valence-corrected chi connectivity index (χ0v) is 12.2. The van der Waals surface area contributed by atoms with Crippen LogP contribution in [0.25, 0.3) is 0 Å². The maximum absolute atomic E-state index is 6.09. The van der Waals surface area contributed by atoms with E-state index in [9.17, 15) is 0 Å². The van der Waals surface area contributed by atoms with E-state index in [1.165, 1.54) is 6.42 Å². The molecule has 0 saturated carbocycles. The summed E-state index contributed by atoms with van der Waals surface area (Å²) in [6.45, 7) is 4.16. The predicted molar refractivity (Wildman–Crippen MR) is 75.0 cm³/mol. The van der Waals surface area contributed by atoms with Crippen LogP contribution in [0.2, 0.25) is 0 Å². The number of nitrogens with two attached hydrogens (primary N) is 1. The molecule has 1 heterocycles. The number of thiazole rings is 1. The van der Waals surface area contributed by atoms with Crippen molar-refractivity contribution in [2.45, 2.75) is 38.6 Å². The third kappa shape index (κ3) is 5.91. The Morgan fingerprint density at radius 2 is 2.22 bits per heavy atom. The van der Waals surface area contributed by atoms with Gasteiger partial charge in [-0.05, 0) is 6.42 Å². The third-order valence-corrected chi connectivity index (χ3v) is 3.64. The van der Waals surface area contributed by atoms with Gasteiger partial charge in [-0.2, -0.15) is 0 Å². The van der Waals surface area contributed by atoms with Gasteiger partial charge in [-0.1, -0.05) is 19.8 Å². The lowest BCUT2D eigenvalue weighted by Crippen LogP contribution is -2.10. The van der Waals surface area contributed by atoms with Crippen molar-refractivity contribution < 1.29 is 9.47 Å². The lowest BCUT2D eigenvalue weighted by molar-refractivity contribution is 0.0722. The van der Waals surface area contributed by atoms with Crippen LogP contribution < -0.4 is 5.73 Å². The SMILES string of the molecule is CCCCC(N)c1csc(CCOCCOC)n1. The monoisotopic (exact) mass is 272 g/mol. The largest absolute Gasteiger partial charge is 0.382 e. The number of aromatic nitrogens is 1. The van der Waals surface area contributed by atoms with Crippen molar-refractivity contribution >= 4 is 11.3 Å². The van der Waals surface area contributed by atoms with E-state index in [1.807, 2.05) is 0 Å². The lowest BCUT2D eigenvalue weighted by Gasteiger charge is -2.06. The van der Waals surface area contributed by atoms with Crippen molar-refractivity contribution in [1.29, 1.82) is 0 Å². The van der Waals surface area contributed by atoms with E-state index < -0.39 is 0 Å². The molecule has 0 radical (unpaired) electrons. The minimum absolute atomic E-state index is 0.0874. The summed E-state index contributed by atoms with van der Waals surface area (Å²) in [7, 11) is 1.67. The number of nitrogens with zero attached hydrogens (tertiary/aromatic N) is 1. The van der Waals surface area contributed by atoms with Crippen molar-refractivity contribution in [3.8, 4) is 0 Å². The number of methoxy groups -OCH3 is 1. The van der Waals surface area contributed by atoms with Gasteiger partial charge in [0.05, 0.1) is 30.5 Å². The molecular weight excluding hydrogens is 248 g/mol. The molecule has 1 atom stereocenters. The van der Waals surface area contributed by atoms with Crippen molar-refractivity contribution in [1.82, 2.24) is 4.98 Å². The predicted octanol–water partition coefficient (Wildman–Crippen LogP) is 2.54. The van der Waals surface area contributed by atoms with Gasteiger partial charge in [0.15, 0.2) is 0 Å². The van der Waals surface area contributed by atoms with Crippen LogP contribution in [-0.4, -0.2) is 31.9 Å². The van der Waals surface area contributed by atoms with E-state index in [-0.39, 0.29) is 6.04 Å². The van der Waals surface area contributed by atoms with Gasteiger partial charge < -0.3 is 15.2 Å². The Hall–Kier alpha value is -0.490. The summed E-state index contributed by atoms with van der Waals surface area (Å²) in [6, 6.07) is 0.0874. The Labute approximate surface area is 114 Å². The molecule has 0 aliphatic heterocycles. The van der Waals surface area contributed by atoms with Gasteiger partial charge in [0.1, 0.15) is 0 Å². The van der Waals surface area contributed by atoms with Crippen LogP contribution in [0.3, 0.4) is 0 Å². The number of unbranched alkanes of at least 4 members (excludes halogenated alkanes) is 1. The van der Waals surface area contributed by atoms with Gasteiger partial charge in [0, 0.05) is 25.0 Å². The molecular formula is C13H24N2O2S. The Bertz CT molecular complexity index is 318. The molecule has 0 saturated heterocycles. The molecule has 104 valence electrons. The smallest absolute Gasteiger partial charge is 0.0951 e. The van der Waals surface area contributed by atoms with E-state index >= 15 is 0 Å². The second-order valence-electron chi connectivity index (χ2n) is 4.27. The first-order valence-corrected chi connectivity index (χ1v) is 7.42. The quantitative estimate of drug-likeness (QED) is 0.665. The Balaban J connectivity index is 2.25. The van der Waals surface area contributed by atoms with Crippen LogP contribution in [0.4, 0.5) is 0 Å². The number of rotatable bonds is 10. The van der Waals surface area contributed by atoms with Gasteiger partial charge in [-0.25, -0.2) is 4.98 Å². The molecule has 1 aromatic heterocycles. The normalized spacial score (nSPS) is 12.8. The Kier molecular flexibility index (Phi) is 8.17. The molecule has 5 heteroatoms. The van der Waals surface area contributed by atoms with E-state index in [0.29, 0.717) is 19.8 Å². The van der Waals surface area contributed by atoms with Gasteiger partial charge in [-0.3, -0.25) is 0 Å². The summed E-state index contributed by atoms with van der Waals surface area (Å²) in [4.78, 5) is 4.56. The molecule has 1 unspecified atom stereocenters. The van der Waals surface area contributed by atoms with Crippen LogP contribution in [0.15, 0.2) is 5.38 Å². The summed E-state index contributed by atoms with van der Waals surface area (Å²) < 4.78 is 10.3. The van der Waals surface area contributed by atoms with Crippen molar-refractivity contribution in [2.75, 3.05) is 26.9 Å². The van der Waals surface area contributed by atoms with E-state index in [0.717, 1.165) is 30.0 Å². The standard InChI is InChI=1S/C13H24N2O2S/c1-3-4-5-11(14)12-10-18-13(15-12)6-7-17-9-8-16-2/h10-11H,3-9,14H2,1-2H3. The highest BCUT2D eigenvalue weighted by atomic mass is 32.1. The van der Waals surface area contributed by atoms with Crippen LogP contribution in [0, 0.1) is 0 Å². The average Bonchev–Trinajstić information content (AvgIpc) is 2.84. The first kappa shape index (κ1) is 15.6. The summed E-state index contributed by atoms with van der Waals surface area (Å²) in [5, 5.41) is 3.18. The molecule has 2 N–H and O–H groups in total. The number of ether oxygens (including phenoxy) is 2. The van der Waals surface area contributed by atoms with Gasteiger partial charge in [0.25, 0.3) is 0 Å². The summed E-state index contributed by atoms with van der Waals surface area (Å²) in [5.41, 5.74) is 7.11. The molecule has 18 heavy (non-hydrogen) atoms. The molecule has 0 aromatic carbocycles. The third-order valence-electron chi connectivity index (χ3n) is 2.71. The number of hydrogen-bond acceptors (Lipinski definition) is 5. The van der Waals surface area contributed by atoms with Crippen LogP contribution >= 0.6 is 11.3 Å². The van der Waals surface area contributed by atoms with Gasteiger partial charge in [-0.15, -0.1) is 11.3 Å². The van der Waals surface area contributed by atoms with Crippen LogP contribution in [-0.2, 0) is 15.9 Å². The zero-order chi connectivity index (χ0) is 13.2. The highest BCUT2D eigenvalue weighted by Gasteiger charge is 2.09. The molecule has 0 aliphatic rings. The maximum atomic E-state index is 6.09. The van der Waals surface area contributed by atoms with Crippen LogP contribution in [0.5, 0.6) is 0 Å². The van der Waals surface area contributed by atoms with Crippen molar-refractivity contribution in [3.05, 3.63) is 16.1 Å². The first-order valence-electron chi connectivity index (χ1n) is 6.54. The van der Waals surface area contributed by atoms with Gasteiger partial charge in [0.2, 0.25) is 0 Å². The average molecular weight is 272 g/mol. The summed E-state index contributed by atoms with van der Waals surface area (Å²) in [5.74, 6) is 0.